The normalized spacial score (nSPS) is 36.3. The average Bonchev–Trinajstić information content (AvgIpc) is 2.90. The van der Waals surface area contributed by atoms with Gasteiger partial charge in [-0.1, -0.05) is 26.2 Å². The molecule has 1 saturated carbocycles. The zero-order valence-electron chi connectivity index (χ0n) is 12.2. The number of fused-ring (bicyclic) bond motifs is 1. The van der Waals surface area contributed by atoms with Crippen molar-refractivity contribution in [2.24, 2.45) is 11.8 Å². The zero-order chi connectivity index (χ0) is 13.2. The molecule has 0 radical (unpaired) electrons. The van der Waals surface area contributed by atoms with Crippen LogP contribution in [-0.2, 0) is 4.79 Å². The summed E-state index contributed by atoms with van der Waals surface area (Å²) < 4.78 is 0. The molecule has 0 bridgehead atoms. The van der Waals surface area contributed by atoms with Gasteiger partial charge in [0.1, 0.15) is 0 Å². The van der Waals surface area contributed by atoms with E-state index < -0.39 is 0 Å². The monoisotopic (exact) mass is 264 g/mol. The summed E-state index contributed by atoms with van der Waals surface area (Å²) in [5, 5.41) is 3.62. The Labute approximate surface area is 117 Å². The van der Waals surface area contributed by atoms with E-state index in [1.54, 1.807) is 0 Å². The summed E-state index contributed by atoms with van der Waals surface area (Å²) in [6.45, 7) is 4.25. The summed E-state index contributed by atoms with van der Waals surface area (Å²) in [5.41, 5.74) is 0. The summed E-state index contributed by atoms with van der Waals surface area (Å²) in [6, 6.07) is 0.766. The second-order valence-corrected chi connectivity index (χ2v) is 6.78. The van der Waals surface area contributed by atoms with Gasteiger partial charge in [0.15, 0.2) is 0 Å². The van der Waals surface area contributed by atoms with Gasteiger partial charge in [0, 0.05) is 19.1 Å². The lowest BCUT2D eigenvalue weighted by Gasteiger charge is -2.33. The quantitative estimate of drug-likeness (QED) is 0.831. The Kier molecular flexibility index (Phi) is 4.11. The fourth-order valence-electron chi connectivity index (χ4n) is 4.29. The molecule has 0 aromatic carbocycles. The van der Waals surface area contributed by atoms with Gasteiger partial charge in [-0.05, 0) is 43.9 Å². The van der Waals surface area contributed by atoms with Crippen molar-refractivity contribution in [1.82, 2.24) is 10.2 Å². The molecule has 3 unspecified atom stereocenters. The van der Waals surface area contributed by atoms with Crippen LogP contribution in [0.4, 0.5) is 0 Å². The minimum Gasteiger partial charge on any atom is -0.341 e. The molecule has 1 aliphatic carbocycles. The molecule has 3 atom stereocenters. The van der Waals surface area contributed by atoms with Gasteiger partial charge in [0.25, 0.3) is 0 Å². The van der Waals surface area contributed by atoms with Gasteiger partial charge in [-0.2, -0.15) is 0 Å². The summed E-state index contributed by atoms with van der Waals surface area (Å²) in [6.07, 6.45) is 10.1. The topological polar surface area (TPSA) is 32.3 Å². The Bertz CT molecular complexity index is 309. The fraction of sp³-hybridized carbons (Fsp3) is 0.938. The van der Waals surface area contributed by atoms with E-state index in [0.29, 0.717) is 11.9 Å². The molecule has 1 amide bonds. The Hall–Kier alpha value is -0.570. The van der Waals surface area contributed by atoms with E-state index in [4.69, 9.17) is 0 Å². The molecule has 3 aliphatic rings. The van der Waals surface area contributed by atoms with Crippen molar-refractivity contribution >= 4 is 5.91 Å². The maximum absolute atomic E-state index is 12.6. The lowest BCUT2D eigenvalue weighted by atomic mass is 9.85. The number of carbonyl (C=O) groups excluding carboxylic acids is 1. The molecular formula is C16H28N2O. The van der Waals surface area contributed by atoms with Crippen LogP contribution < -0.4 is 5.32 Å². The van der Waals surface area contributed by atoms with E-state index in [9.17, 15) is 4.79 Å². The fourth-order valence-corrected chi connectivity index (χ4v) is 4.29. The number of nitrogens with zero attached hydrogens (tertiary/aromatic N) is 1. The largest absolute Gasteiger partial charge is 0.341 e. The van der Waals surface area contributed by atoms with Crippen molar-refractivity contribution in [2.75, 3.05) is 13.1 Å². The number of rotatable bonds is 2. The van der Waals surface area contributed by atoms with E-state index >= 15 is 0 Å². The van der Waals surface area contributed by atoms with Gasteiger partial charge in [-0.25, -0.2) is 0 Å². The molecule has 19 heavy (non-hydrogen) atoms. The maximum atomic E-state index is 12.6. The molecule has 2 saturated heterocycles. The van der Waals surface area contributed by atoms with Crippen molar-refractivity contribution < 1.29 is 4.79 Å². The van der Waals surface area contributed by atoms with Gasteiger partial charge in [-0.15, -0.1) is 0 Å². The highest BCUT2D eigenvalue weighted by molar-refractivity contribution is 5.82. The predicted molar refractivity (Wildman–Crippen MR) is 76.9 cm³/mol. The van der Waals surface area contributed by atoms with Gasteiger partial charge in [0.2, 0.25) is 5.91 Å². The van der Waals surface area contributed by atoms with Crippen molar-refractivity contribution in [2.45, 2.75) is 70.4 Å². The third-order valence-electron chi connectivity index (χ3n) is 5.66. The predicted octanol–water partition coefficient (Wildman–Crippen LogP) is 2.56. The standard InChI is InChI=1S/C16H28N2O/c1-2-12-7-9-18(10-8-12)16(19)15-11-13-5-3-4-6-14(13)17-15/h12-15,17H,2-11H2,1H3. The molecule has 108 valence electrons. The third-order valence-corrected chi connectivity index (χ3v) is 5.66. The average molecular weight is 264 g/mol. The first-order chi connectivity index (χ1) is 9.28. The Balaban J connectivity index is 1.53. The smallest absolute Gasteiger partial charge is 0.239 e. The van der Waals surface area contributed by atoms with Crippen LogP contribution in [-0.4, -0.2) is 36.0 Å². The maximum Gasteiger partial charge on any atom is 0.239 e. The highest BCUT2D eigenvalue weighted by Gasteiger charge is 2.40. The molecule has 0 aromatic rings. The lowest BCUT2D eigenvalue weighted by Crippen LogP contribution is -2.48. The molecule has 0 aromatic heterocycles. The number of hydrogen-bond acceptors (Lipinski definition) is 2. The highest BCUT2D eigenvalue weighted by Crippen LogP contribution is 2.34. The first-order valence-corrected chi connectivity index (χ1v) is 8.32. The Morgan fingerprint density at radius 2 is 1.89 bits per heavy atom. The van der Waals surface area contributed by atoms with Gasteiger partial charge in [-0.3, -0.25) is 4.79 Å². The molecular weight excluding hydrogens is 236 g/mol. The van der Waals surface area contributed by atoms with Crippen LogP contribution in [0.5, 0.6) is 0 Å². The highest BCUT2D eigenvalue weighted by atomic mass is 16.2. The summed E-state index contributed by atoms with van der Waals surface area (Å²) in [4.78, 5) is 14.7. The number of hydrogen-bond donors (Lipinski definition) is 1. The van der Waals surface area contributed by atoms with Gasteiger partial charge in [0.05, 0.1) is 6.04 Å². The summed E-state index contributed by atoms with van der Waals surface area (Å²) in [5.74, 6) is 2.02. The van der Waals surface area contributed by atoms with Crippen LogP contribution in [0.3, 0.4) is 0 Å². The zero-order valence-corrected chi connectivity index (χ0v) is 12.2. The van der Waals surface area contributed by atoms with E-state index in [2.05, 4.69) is 17.1 Å². The molecule has 3 fully saturated rings. The minimum atomic E-state index is 0.131. The molecule has 2 aliphatic heterocycles. The summed E-state index contributed by atoms with van der Waals surface area (Å²) in [7, 11) is 0. The van der Waals surface area contributed by atoms with Crippen LogP contribution in [0.2, 0.25) is 0 Å². The first-order valence-electron chi connectivity index (χ1n) is 8.32. The minimum absolute atomic E-state index is 0.131. The number of amides is 1. The first kappa shape index (κ1) is 13.4. The SMILES string of the molecule is CCC1CCN(C(=O)C2CC3CCCCC3N2)CC1. The molecule has 3 nitrogen and oxygen atoms in total. The van der Waals surface area contributed by atoms with Gasteiger partial charge < -0.3 is 10.2 Å². The van der Waals surface area contributed by atoms with Crippen molar-refractivity contribution in [3.8, 4) is 0 Å². The second kappa shape index (κ2) is 5.82. The molecule has 1 N–H and O–H groups in total. The molecule has 3 heteroatoms. The summed E-state index contributed by atoms with van der Waals surface area (Å²) >= 11 is 0. The Morgan fingerprint density at radius 3 is 2.58 bits per heavy atom. The second-order valence-electron chi connectivity index (χ2n) is 6.78. The van der Waals surface area contributed by atoms with Crippen LogP contribution >= 0.6 is 0 Å². The van der Waals surface area contributed by atoms with E-state index in [1.807, 2.05) is 0 Å². The molecule has 2 heterocycles. The van der Waals surface area contributed by atoms with Crippen molar-refractivity contribution in [1.29, 1.82) is 0 Å². The molecule has 0 spiro atoms. The number of carbonyl (C=O) groups is 1. The van der Waals surface area contributed by atoms with Crippen LogP contribution in [0, 0.1) is 11.8 Å². The number of piperidine rings is 1. The van der Waals surface area contributed by atoms with Crippen LogP contribution in [0.1, 0.15) is 58.3 Å². The van der Waals surface area contributed by atoms with E-state index in [-0.39, 0.29) is 6.04 Å². The third kappa shape index (κ3) is 2.81. The van der Waals surface area contributed by atoms with E-state index in [1.165, 1.54) is 44.9 Å². The number of likely N-dealkylation sites (tertiary alicyclic amines) is 1. The van der Waals surface area contributed by atoms with Crippen molar-refractivity contribution in [3.05, 3.63) is 0 Å². The van der Waals surface area contributed by atoms with E-state index in [0.717, 1.165) is 31.3 Å². The van der Waals surface area contributed by atoms with Crippen molar-refractivity contribution in [3.63, 3.8) is 0 Å². The number of nitrogens with one attached hydrogen (secondary N) is 1. The molecule has 3 rings (SSSR count). The van der Waals surface area contributed by atoms with Crippen LogP contribution in [0.25, 0.3) is 0 Å². The Morgan fingerprint density at radius 1 is 1.16 bits per heavy atom. The lowest BCUT2D eigenvalue weighted by molar-refractivity contribution is -0.134. The van der Waals surface area contributed by atoms with Crippen LogP contribution in [0.15, 0.2) is 0 Å². The van der Waals surface area contributed by atoms with Gasteiger partial charge >= 0.3 is 0 Å².